The van der Waals surface area contributed by atoms with Gasteiger partial charge in [0.1, 0.15) is 11.6 Å². The number of aliphatic hydroxyl groups is 1. The van der Waals surface area contributed by atoms with E-state index in [1.807, 2.05) is 6.92 Å². The van der Waals surface area contributed by atoms with Crippen LogP contribution in [0, 0.1) is 11.6 Å². The second kappa shape index (κ2) is 6.40. The summed E-state index contributed by atoms with van der Waals surface area (Å²) in [5.41, 5.74) is 0.277. The Hall–Kier alpha value is -1.20. The van der Waals surface area contributed by atoms with Crippen LogP contribution in [0.4, 0.5) is 14.5 Å². The fraction of sp³-hybridized carbons (Fsp3) is 0.455. The van der Waals surface area contributed by atoms with Gasteiger partial charge in [0.2, 0.25) is 0 Å². The van der Waals surface area contributed by atoms with Gasteiger partial charge >= 0.3 is 0 Å². The largest absolute Gasteiger partial charge is 0.395 e. The Morgan fingerprint density at radius 2 is 2.12 bits per heavy atom. The smallest absolute Gasteiger partial charge is 0.149 e. The maximum atomic E-state index is 13.2. The van der Waals surface area contributed by atoms with Crippen LogP contribution in [0.1, 0.15) is 6.92 Å². The standard InChI is InChI=1S/C11H16F2N2O/c1-8(14-4-5-16)7-15-11-3-2-9(12)6-10(11)13/h2-3,6,8,14-16H,4-5,7H2,1H3. The lowest BCUT2D eigenvalue weighted by Crippen LogP contribution is -2.34. The van der Waals surface area contributed by atoms with Crippen molar-refractivity contribution >= 4 is 5.69 Å². The van der Waals surface area contributed by atoms with E-state index in [0.29, 0.717) is 13.1 Å². The van der Waals surface area contributed by atoms with Crippen LogP contribution in [0.5, 0.6) is 0 Å². The van der Waals surface area contributed by atoms with Crippen molar-refractivity contribution < 1.29 is 13.9 Å². The first-order valence-corrected chi connectivity index (χ1v) is 5.16. The van der Waals surface area contributed by atoms with E-state index in [1.54, 1.807) is 0 Å². The summed E-state index contributed by atoms with van der Waals surface area (Å²) < 4.78 is 25.8. The first-order valence-electron chi connectivity index (χ1n) is 5.16. The number of rotatable bonds is 6. The Bertz CT molecular complexity index is 334. The van der Waals surface area contributed by atoms with Crippen molar-refractivity contribution in [3.8, 4) is 0 Å². The molecule has 3 N–H and O–H groups in total. The third-order valence-corrected chi connectivity index (χ3v) is 2.13. The molecule has 0 heterocycles. The molecule has 16 heavy (non-hydrogen) atoms. The minimum absolute atomic E-state index is 0.0647. The monoisotopic (exact) mass is 230 g/mol. The molecule has 1 rings (SSSR count). The molecule has 90 valence electrons. The van der Waals surface area contributed by atoms with Gasteiger partial charge in [0.05, 0.1) is 12.3 Å². The lowest BCUT2D eigenvalue weighted by Gasteiger charge is -2.15. The van der Waals surface area contributed by atoms with Crippen LogP contribution < -0.4 is 10.6 Å². The van der Waals surface area contributed by atoms with Crippen molar-refractivity contribution in [3.05, 3.63) is 29.8 Å². The highest BCUT2D eigenvalue weighted by Crippen LogP contribution is 2.14. The van der Waals surface area contributed by atoms with Crippen molar-refractivity contribution in [3.63, 3.8) is 0 Å². The second-order valence-electron chi connectivity index (χ2n) is 3.58. The van der Waals surface area contributed by atoms with Gasteiger partial charge in [-0.1, -0.05) is 0 Å². The third kappa shape index (κ3) is 4.12. The Morgan fingerprint density at radius 1 is 1.38 bits per heavy atom. The molecule has 0 aromatic heterocycles. The lowest BCUT2D eigenvalue weighted by atomic mass is 10.2. The van der Waals surface area contributed by atoms with Gasteiger partial charge in [0.25, 0.3) is 0 Å². The predicted octanol–water partition coefficient (Wildman–Crippen LogP) is 1.35. The van der Waals surface area contributed by atoms with Gasteiger partial charge in [0.15, 0.2) is 0 Å². The summed E-state index contributed by atoms with van der Waals surface area (Å²) in [4.78, 5) is 0. The number of nitrogens with one attached hydrogen (secondary N) is 2. The minimum atomic E-state index is -0.602. The zero-order chi connectivity index (χ0) is 12.0. The van der Waals surface area contributed by atoms with Crippen molar-refractivity contribution in [1.82, 2.24) is 5.32 Å². The molecule has 0 spiro atoms. The zero-order valence-corrected chi connectivity index (χ0v) is 9.13. The number of hydrogen-bond acceptors (Lipinski definition) is 3. The average Bonchev–Trinajstić information content (AvgIpc) is 2.25. The van der Waals surface area contributed by atoms with E-state index in [4.69, 9.17) is 5.11 Å². The van der Waals surface area contributed by atoms with E-state index in [0.717, 1.165) is 6.07 Å². The molecule has 1 aromatic carbocycles. The Labute approximate surface area is 93.5 Å². The van der Waals surface area contributed by atoms with Crippen molar-refractivity contribution in [2.75, 3.05) is 25.0 Å². The van der Waals surface area contributed by atoms with Crippen LogP contribution in [0.2, 0.25) is 0 Å². The summed E-state index contributed by atoms with van der Waals surface area (Å²) in [6.45, 7) is 2.97. The van der Waals surface area contributed by atoms with Crippen molar-refractivity contribution in [2.24, 2.45) is 0 Å². The molecule has 0 amide bonds. The number of halogens is 2. The normalized spacial score (nSPS) is 12.5. The number of benzene rings is 1. The molecule has 0 saturated carbocycles. The van der Waals surface area contributed by atoms with Gasteiger partial charge in [0, 0.05) is 25.2 Å². The quantitative estimate of drug-likeness (QED) is 0.691. The summed E-state index contributed by atoms with van der Waals surface area (Å²) >= 11 is 0. The van der Waals surface area contributed by atoms with Crippen LogP contribution >= 0.6 is 0 Å². The highest BCUT2D eigenvalue weighted by atomic mass is 19.1. The number of anilines is 1. The Kier molecular flexibility index (Phi) is 5.14. The molecule has 0 fully saturated rings. The summed E-state index contributed by atoms with van der Waals surface area (Å²) in [5, 5.41) is 14.5. The molecule has 3 nitrogen and oxygen atoms in total. The van der Waals surface area contributed by atoms with Crippen molar-refractivity contribution in [2.45, 2.75) is 13.0 Å². The lowest BCUT2D eigenvalue weighted by molar-refractivity contribution is 0.287. The van der Waals surface area contributed by atoms with Crippen LogP contribution in [0.15, 0.2) is 18.2 Å². The zero-order valence-electron chi connectivity index (χ0n) is 9.13. The van der Waals surface area contributed by atoms with Gasteiger partial charge in [-0.2, -0.15) is 0 Å². The fourth-order valence-corrected chi connectivity index (χ4v) is 1.28. The van der Waals surface area contributed by atoms with Gasteiger partial charge in [-0.05, 0) is 19.1 Å². The molecule has 0 bridgehead atoms. The van der Waals surface area contributed by atoms with Crippen molar-refractivity contribution in [1.29, 1.82) is 0 Å². The summed E-state index contributed by atoms with van der Waals surface area (Å²) in [6.07, 6.45) is 0. The van der Waals surface area contributed by atoms with E-state index in [9.17, 15) is 8.78 Å². The van der Waals surface area contributed by atoms with Gasteiger partial charge in [-0.3, -0.25) is 0 Å². The number of aliphatic hydroxyl groups excluding tert-OH is 1. The average molecular weight is 230 g/mol. The predicted molar refractivity (Wildman–Crippen MR) is 59.4 cm³/mol. The molecule has 1 unspecified atom stereocenters. The maximum Gasteiger partial charge on any atom is 0.149 e. The van der Waals surface area contributed by atoms with Gasteiger partial charge < -0.3 is 15.7 Å². The Balaban J connectivity index is 2.42. The molecular weight excluding hydrogens is 214 g/mol. The highest BCUT2D eigenvalue weighted by molar-refractivity contribution is 5.44. The van der Waals surface area contributed by atoms with E-state index < -0.39 is 11.6 Å². The first-order chi connectivity index (χ1) is 7.63. The fourth-order valence-electron chi connectivity index (χ4n) is 1.28. The highest BCUT2D eigenvalue weighted by Gasteiger charge is 2.05. The second-order valence-corrected chi connectivity index (χ2v) is 3.58. The molecule has 5 heteroatoms. The van der Waals surface area contributed by atoms with Crippen LogP contribution in [0.25, 0.3) is 0 Å². The van der Waals surface area contributed by atoms with E-state index >= 15 is 0 Å². The van der Waals surface area contributed by atoms with E-state index in [2.05, 4.69) is 10.6 Å². The summed E-state index contributed by atoms with van der Waals surface area (Å²) in [7, 11) is 0. The van der Waals surface area contributed by atoms with Crippen LogP contribution in [-0.2, 0) is 0 Å². The Morgan fingerprint density at radius 3 is 2.75 bits per heavy atom. The summed E-state index contributed by atoms with van der Waals surface area (Å²) in [5.74, 6) is -1.19. The molecule has 0 saturated heterocycles. The van der Waals surface area contributed by atoms with Gasteiger partial charge in [-0.25, -0.2) is 8.78 Å². The molecule has 0 aliphatic carbocycles. The maximum absolute atomic E-state index is 13.2. The topological polar surface area (TPSA) is 44.3 Å². The molecule has 1 atom stereocenters. The van der Waals surface area contributed by atoms with E-state index in [-0.39, 0.29) is 18.3 Å². The molecular formula is C11H16F2N2O. The molecule has 1 aromatic rings. The molecule has 0 radical (unpaired) electrons. The number of hydrogen-bond donors (Lipinski definition) is 3. The van der Waals surface area contributed by atoms with Gasteiger partial charge in [-0.15, -0.1) is 0 Å². The van der Waals surface area contributed by atoms with E-state index in [1.165, 1.54) is 12.1 Å². The minimum Gasteiger partial charge on any atom is -0.395 e. The van der Waals surface area contributed by atoms with Crippen LogP contribution in [-0.4, -0.2) is 30.8 Å². The third-order valence-electron chi connectivity index (χ3n) is 2.13. The SMILES string of the molecule is CC(CNc1ccc(F)cc1F)NCCO. The van der Waals surface area contributed by atoms with Crippen LogP contribution in [0.3, 0.4) is 0 Å². The summed E-state index contributed by atoms with van der Waals surface area (Å²) in [6, 6.07) is 3.51. The molecule has 0 aliphatic rings. The molecule has 0 aliphatic heterocycles. The first kappa shape index (κ1) is 12.9.